The fraction of sp³-hybridized carbons (Fsp3) is 0.167. The molecular formula is C12H14N2O2. The summed E-state index contributed by atoms with van der Waals surface area (Å²) in [6.45, 7) is 4.00. The second kappa shape index (κ2) is 5.11. The molecule has 2 aromatic rings. The van der Waals surface area contributed by atoms with E-state index >= 15 is 0 Å². The van der Waals surface area contributed by atoms with Crippen molar-refractivity contribution >= 4 is 22.6 Å². The van der Waals surface area contributed by atoms with Crippen LogP contribution in [0, 0.1) is 0 Å². The Morgan fingerprint density at radius 2 is 1.88 bits per heavy atom. The average Bonchev–Trinajstić information content (AvgIpc) is 2.30. The lowest BCUT2D eigenvalue weighted by molar-refractivity contribution is 0.0691. The van der Waals surface area contributed by atoms with Gasteiger partial charge in [-0.2, -0.15) is 0 Å². The van der Waals surface area contributed by atoms with Crippen molar-refractivity contribution in [2.24, 2.45) is 0 Å². The summed E-state index contributed by atoms with van der Waals surface area (Å²) in [5.74, 6) is -1.03. The first-order chi connectivity index (χ1) is 7.66. The van der Waals surface area contributed by atoms with Crippen molar-refractivity contribution in [3.63, 3.8) is 0 Å². The van der Waals surface area contributed by atoms with Crippen LogP contribution < -0.4 is 5.73 Å². The van der Waals surface area contributed by atoms with Gasteiger partial charge in [-0.15, -0.1) is 0 Å². The molecule has 4 nitrogen and oxygen atoms in total. The molecule has 0 fully saturated rings. The van der Waals surface area contributed by atoms with Crippen molar-refractivity contribution in [1.82, 2.24) is 4.98 Å². The zero-order valence-corrected chi connectivity index (χ0v) is 9.27. The van der Waals surface area contributed by atoms with E-state index in [2.05, 4.69) is 4.98 Å². The van der Waals surface area contributed by atoms with Gasteiger partial charge < -0.3 is 10.8 Å². The third-order valence-electron chi connectivity index (χ3n) is 1.94. The first kappa shape index (κ1) is 12.0. The van der Waals surface area contributed by atoms with Crippen LogP contribution in [0.25, 0.3) is 10.9 Å². The molecule has 3 N–H and O–H groups in total. The van der Waals surface area contributed by atoms with E-state index in [-0.39, 0.29) is 5.69 Å². The van der Waals surface area contributed by atoms with Gasteiger partial charge >= 0.3 is 5.97 Å². The maximum Gasteiger partial charge on any atom is 0.354 e. The molecule has 1 aromatic carbocycles. The van der Waals surface area contributed by atoms with E-state index in [0.29, 0.717) is 11.2 Å². The van der Waals surface area contributed by atoms with E-state index in [0.717, 1.165) is 5.39 Å². The highest BCUT2D eigenvalue weighted by molar-refractivity contribution is 5.90. The zero-order chi connectivity index (χ0) is 12.1. The third-order valence-corrected chi connectivity index (χ3v) is 1.94. The van der Waals surface area contributed by atoms with Crippen molar-refractivity contribution in [2.75, 3.05) is 5.73 Å². The quantitative estimate of drug-likeness (QED) is 0.721. The maximum atomic E-state index is 10.6. The van der Waals surface area contributed by atoms with Gasteiger partial charge in [0.05, 0.1) is 5.52 Å². The number of pyridine rings is 1. The summed E-state index contributed by atoms with van der Waals surface area (Å²) in [7, 11) is 0. The van der Waals surface area contributed by atoms with Crippen molar-refractivity contribution in [2.45, 2.75) is 13.8 Å². The molecule has 1 aromatic heterocycles. The van der Waals surface area contributed by atoms with Crippen LogP contribution in [0.2, 0.25) is 0 Å². The number of rotatable bonds is 1. The van der Waals surface area contributed by atoms with Gasteiger partial charge in [-0.05, 0) is 18.2 Å². The normalized spacial score (nSPS) is 9.38. The first-order valence-electron chi connectivity index (χ1n) is 5.06. The number of benzene rings is 1. The van der Waals surface area contributed by atoms with Gasteiger partial charge in [0.1, 0.15) is 5.69 Å². The second-order valence-corrected chi connectivity index (χ2v) is 2.95. The van der Waals surface area contributed by atoms with Crippen LogP contribution in [0.4, 0.5) is 5.69 Å². The molecule has 1 heterocycles. The molecular weight excluding hydrogens is 204 g/mol. The van der Waals surface area contributed by atoms with Crippen LogP contribution in [0.15, 0.2) is 30.3 Å². The fourth-order valence-electron chi connectivity index (χ4n) is 1.25. The number of hydrogen-bond donors (Lipinski definition) is 2. The smallest absolute Gasteiger partial charge is 0.354 e. The van der Waals surface area contributed by atoms with Gasteiger partial charge in [0, 0.05) is 11.1 Å². The van der Waals surface area contributed by atoms with Crippen molar-refractivity contribution in [3.05, 3.63) is 36.0 Å². The number of aromatic nitrogens is 1. The SMILES string of the molecule is CC.Nc1ccc2ccc(C(=O)O)nc2c1. The number of hydrogen-bond acceptors (Lipinski definition) is 3. The third kappa shape index (κ3) is 2.48. The summed E-state index contributed by atoms with van der Waals surface area (Å²) >= 11 is 0. The minimum absolute atomic E-state index is 0.0306. The number of nitrogens with two attached hydrogens (primary N) is 1. The lowest BCUT2D eigenvalue weighted by Gasteiger charge is -1.99. The van der Waals surface area contributed by atoms with Crippen LogP contribution in [0.5, 0.6) is 0 Å². The van der Waals surface area contributed by atoms with Gasteiger partial charge in [0.2, 0.25) is 0 Å². The number of carboxylic acid groups (broad SMARTS) is 1. The molecule has 0 unspecified atom stereocenters. The van der Waals surface area contributed by atoms with E-state index in [9.17, 15) is 4.79 Å². The summed E-state index contributed by atoms with van der Waals surface area (Å²) < 4.78 is 0. The number of nitrogens with zero attached hydrogens (tertiary/aromatic N) is 1. The van der Waals surface area contributed by atoms with E-state index in [1.54, 1.807) is 18.2 Å². The van der Waals surface area contributed by atoms with Gasteiger partial charge in [-0.25, -0.2) is 9.78 Å². The van der Waals surface area contributed by atoms with Crippen molar-refractivity contribution in [1.29, 1.82) is 0 Å². The van der Waals surface area contributed by atoms with E-state index in [1.165, 1.54) is 6.07 Å². The minimum Gasteiger partial charge on any atom is -0.477 e. The Morgan fingerprint density at radius 1 is 1.25 bits per heavy atom. The molecule has 0 bridgehead atoms. The van der Waals surface area contributed by atoms with E-state index in [4.69, 9.17) is 10.8 Å². The molecule has 0 saturated carbocycles. The molecule has 0 aliphatic heterocycles. The highest BCUT2D eigenvalue weighted by Gasteiger charge is 2.04. The van der Waals surface area contributed by atoms with Crippen molar-refractivity contribution < 1.29 is 9.90 Å². The van der Waals surface area contributed by atoms with Gasteiger partial charge in [0.15, 0.2) is 0 Å². The number of carboxylic acids is 1. The number of carbonyl (C=O) groups is 1. The van der Waals surface area contributed by atoms with Gasteiger partial charge in [-0.1, -0.05) is 26.0 Å². The van der Waals surface area contributed by atoms with Gasteiger partial charge in [0.25, 0.3) is 0 Å². The lowest BCUT2D eigenvalue weighted by atomic mass is 10.2. The Hall–Kier alpha value is -2.10. The fourth-order valence-corrected chi connectivity index (χ4v) is 1.25. The second-order valence-electron chi connectivity index (χ2n) is 2.95. The number of nitrogen functional groups attached to an aromatic ring is 1. The minimum atomic E-state index is -1.03. The van der Waals surface area contributed by atoms with Gasteiger partial charge in [-0.3, -0.25) is 0 Å². The Balaban J connectivity index is 0.000000606. The largest absolute Gasteiger partial charge is 0.477 e. The molecule has 0 spiro atoms. The predicted octanol–water partition coefficient (Wildman–Crippen LogP) is 2.54. The Bertz CT molecular complexity index is 509. The monoisotopic (exact) mass is 218 g/mol. The Labute approximate surface area is 93.7 Å². The summed E-state index contributed by atoms with van der Waals surface area (Å²) in [6, 6.07) is 8.40. The molecule has 84 valence electrons. The Kier molecular flexibility index (Phi) is 3.83. The maximum absolute atomic E-state index is 10.6. The summed E-state index contributed by atoms with van der Waals surface area (Å²) in [4.78, 5) is 14.6. The van der Waals surface area contributed by atoms with Crippen LogP contribution in [0.3, 0.4) is 0 Å². The molecule has 0 atom stereocenters. The molecule has 0 aliphatic rings. The Morgan fingerprint density at radius 3 is 2.50 bits per heavy atom. The standard InChI is InChI=1S/C10H8N2O2.C2H6/c11-7-3-1-6-2-4-8(10(13)14)12-9(6)5-7;1-2/h1-5H,11H2,(H,13,14);1-2H3. The molecule has 0 aliphatic carbocycles. The average molecular weight is 218 g/mol. The van der Waals surface area contributed by atoms with E-state index in [1.807, 2.05) is 19.9 Å². The molecule has 4 heteroatoms. The number of aromatic carboxylic acids is 1. The van der Waals surface area contributed by atoms with Crippen LogP contribution in [-0.4, -0.2) is 16.1 Å². The predicted molar refractivity (Wildman–Crippen MR) is 64.5 cm³/mol. The summed E-state index contributed by atoms with van der Waals surface area (Å²) in [5.41, 5.74) is 6.77. The first-order valence-corrected chi connectivity index (χ1v) is 5.06. The highest BCUT2D eigenvalue weighted by atomic mass is 16.4. The zero-order valence-electron chi connectivity index (χ0n) is 9.27. The van der Waals surface area contributed by atoms with Crippen LogP contribution in [-0.2, 0) is 0 Å². The van der Waals surface area contributed by atoms with E-state index < -0.39 is 5.97 Å². The number of fused-ring (bicyclic) bond motifs is 1. The topological polar surface area (TPSA) is 76.2 Å². The molecule has 2 rings (SSSR count). The van der Waals surface area contributed by atoms with Crippen LogP contribution in [0.1, 0.15) is 24.3 Å². The molecule has 16 heavy (non-hydrogen) atoms. The highest BCUT2D eigenvalue weighted by Crippen LogP contribution is 2.15. The molecule has 0 saturated heterocycles. The number of anilines is 1. The summed E-state index contributed by atoms with van der Waals surface area (Å²) in [5, 5.41) is 9.60. The van der Waals surface area contributed by atoms with Crippen LogP contribution >= 0.6 is 0 Å². The molecule has 0 amide bonds. The van der Waals surface area contributed by atoms with Crippen molar-refractivity contribution in [3.8, 4) is 0 Å². The summed E-state index contributed by atoms with van der Waals surface area (Å²) in [6.07, 6.45) is 0. The lowest BCUT2D eigenvalue weighted by Crippen LogP contribution is -1.99. The molecule has 0 radical (unpaired) electrons.